The van der Waals surface area contributed by atoms with Crippen molar-refractivity contribution in [2.45, 2.75) is 13.0 Å². The van der Waals surface area contributed by atoms with Gasteiger partial charge in [0.2, 0.25) is 5.91 Å². The van der Waals surface area contributed by atoms with E-state index in [0.717, 1.165) is 5.76 Å². The van der Waals surface area contributed by atoms with E-state index in [4.69, 9.17) is 9.15 Å². The summed E-state index contributed by atoms with van der Waals surface area (Å²) in [6.45, 7) is 3.43. The Bertz CT molecular complexity index is 298. The van der Waals surface area contributed by atoms with E-state index in [1.807, 2.05) is 13.0 Å². The van der Waals surface area contributed by atoms with Gasteiger partial charge in [-0.1, -0.05) is 0 Å². The third-order valence-corrected chi connectivity index (χ3v) is 2.12. The predicted octanol–water partition coefficient (Wildman–Crippen LogP) is 0.693. The van der Waals surface area contributed by atoms with Crippen molar-refractivity contribution < 1.29 is 13.9 Å². The molecule has 1 amide bonds. The van der Waals surface area contributed by atoms with Gasteiger partial charge in [-0.05, 0) is 19.1 Å². The van der Waals surface area contributed by atoms with Crippen molar-refractivity contribution in [3.05, 3.63) is 24.2 Å². The number of carbonyl (C=O) groups is 1. The molecule has 1 aromatic heterocycles. The lowest BCUT2D eigenvalue weighted by atomic mass is 10.2. The third kappa shape index (κ3) is 4.46. The van der Waals surface area contributed by atoms with Gasteiger partial charge in [0, 0.05) is 13.7 Å². The molecule has 1 atom stereocenters. The Morgan fingerprint density at radius 1 is 1.62 bits per heavy atom. The molecule has 1 heterocycles. The Morgan fingerprint density at radius 2 is 2.44 bits per heavy atom. The summed E-state index contributed by atoms with van der Waals surface area (Å²) in [5.41, 5.74) is 0. The fourth-order valence-electron chi connectivity index (χ4n) is 1.28. The van der Waals surface area contributed by atoms with Crippen LogP contribution in [-0.2, 0) is 9.53 Å². The minimum atomic E-state index is -0.105. The molecule has 5 heteroatoms. The summed E-state index contributed by atoms with van der Waals surface area (Å²) in [4.78, 5) is 11.5. The van der Waals surface area contributed by atoms with E-state index in [-0.39, 0.29) is 18.5 Å². The summed E-state index contributed by atoms with van der Waals surface area (Å²) >= 11 is 0. The molecule has 16 heavy (non-hydrogen) atoms. The quantitative estimate of drug-likeness (QED) is 0.671. The molecule has 0 fully saturated rings. The SMILES string of the molecule is COCCNCC(=O)N[C@H](C)c1ccco1. The van der Waals surface area contributed by atoms with Crippen LogP contribution in [0.15, 0.2) is 22.8 Å². The van der Waals surface area contributed by atoms with Gasteiger partial charge in [-0.3, -0.25) is 4.79 Å². The van der Waals surface area contributed by atoms with Crippen LogP contribution in [0.25, 0.3) is 0 Å². The molecule has 0 saturated heterocycles. The first kappa shape index (κ1) is 12.7. The number of methoxy groups -OCH3 is 1. The lowest BCUT2D eigenvalue weighted by Gasteiger charge is -2.11. The second-order valence-corrected chi connectivity index (χ2v) is 3.47. The molecule has 5 nitrogen and oxygen atoms in total. The van der Waals surface area contributed by atoms with E-state index < -0.39 is 0 Å². The summed E-state index contributed by atoms with van der Waals surface area (Å²) < 4.78 is 10.0. The zero-order valence-electron chi connectivity index (χ0n) is 9.66. The van der Waals surface area contributed by atoms with Crippen LogP contribution in [0.4, 0.5) is 0 Å². The second-order valence-electron chi connectivity index (χ2n) is 3.47. The highest BCUT2D eigenvalue weighted by atomic mass is 16.5. The number of rotatable bonds is 7. The van der Waals surface area contributed by atoms with Crippen molar-refractivity contribution in [2.24, 2.45) is 0 Å². The lowest BCUT2D eigenvalue weighted by Crippen LogP contribution is -2.36. The summed E-state index contributed by atoms with van der Waals surface area (Å²) in [6.07, 6.45) is 1.59. The Morgan fingerprint density at radius 3 is 3.06 bits per heavy atom. The number of carbonyl (C=O) groups excluding carboxylic acids is 1. The van der Waals surface area contributed by atoms with Crippen LogP contribution in [0.1, 0.15) is 18.7 Å². The molecule has 0 radical (unpaired) electrons. The van der Waals surface area contributed by atoms with Gasteiger partial charge < -0.3 is 19.8 Å². The second kappa shape index (κ2) is 7.03. The molecule has 2 N–H and O–H groups in total. The molecule has 0 unspecified atom stereocenters. The topological polar surface area (TPSA) is 63.5 Å². The fourth-order valence-corrected chi connectivity index (χ4v) is 1.28. The van der Waals surface area contributed by atoms with Gasteiger partial charge in [-0.15, -0.1) is 0 Å². The zero-order chi connectivity index (χ0) is 11.8. The van der Waals surface area contributed by atoms with Crippen molar-refractivity contribution in [1.82, 2.24) is 10.6 Å². The summed E-state index contributed by atoms with van der Waals surface area (Å²) in [5, 5.41) is 5.79. The molecule has 1 aromatic rings. The number of amides is 1. The molecule has 0 aromatic carbocycles. The van der Waals surface area contributed by atoms with Gasteiger partial charge in [0.25, 0.3) is 0 Å². The predicted molar refractivity (Wildman–Crippen MR) is 60.0 cm³/mol. The average Bonchev–Trinajstić information content (AvgIpc) is 2.77. The largest absolute Gasteiger partial charge is 0.467 e. The summed E-state index contributed by atoms with van der Waals surface area (Å²) in [6, 6.07) is 3.53. The van der Waals surface area contributed by atoms with Crippen LogP contribution in [-0.4, -0.2) is 32.7 Å². The first-order valence-corrected chi connectivity index (χ1v) is 5.26. The van der Waals surface area contributed by atoms with Crippen molar-refractivity contribution in [3.8, 4) is 0 Å². The minimum absolute atomic E-state index is 0.0556. The molecule has 0 saturated carbocycles. The minimum Gasteiger partial charge on any atom is -0.467 e. The number of nitrogens with one attached hydrogen (secondary N) is 2. The Kier molecular flexibility index (Phi) is 5.60. The van der Waals surface area contributed by atoms with E-state index in [1.54, 1.807) is 19.4 Å². The van der Waals surface area contributed by atoms with Gasteiger partial charge in [0.15, 0.2) is 0 Å². The molecule has 1 rings (SSSR count). The van der Waals surface area contributed by atoms with Crippen LogP contribution in [0.3, 0.4) is 0 Å². The standard InChI is InChI=1S/C11H18N2O3/c1-9(10-4-3-6-16-10)13-11(14)8-12-5-7-15-2/h3-4,6,9,12H,5,7-8H2,1-2H3,(H,13,14)/t9-/m1/s1. The smallest absolute Gasteiger partial charge is 0.234 e. The highest BCUT2D eigenvalue weighted by Gasteiger charge is 2.10. The van der Waals surface area contributed by atoms with Crippen LogP contribution < -0.4 is 10.6 Å². The van der Waals surface area contributed by atoms with Gasteiger partial charge in [-0.2, -0.15) is 0 Å². The van der Waals surface area contributed by atoms with Crippen LogP contribution in [0.5, 0.6) is 0 Å². The number of hydrogen-bond donors (Lipinski definition) is 2. The van der Waals surface area contributed by atoms with E-state index in [2.05, 4.69) is 10.6 Å². The average molecular weight is 226 g/mol. The first-order valence-electron chi connectivity index (χ1n) is 5.26. The van der Waals surface area contributed by atoms with E-state index in [1.165, 1.54) is 0 Å². The van der Waals surface area contributed by atoms with E-state index in [9.17, 15) is 4.79 Å². The third-order valence-electron chi connectivity index (χ3n) is 2.12. The Labute approximate surface area is 95.2 Å². The van der Waals surface area contributed by atoms with Crippen molar-refractivity contribution in [2.75, 3.05) is 26.8 Å². The highest BCUT2D eigenvalue weighted by molar-refractivity contribution is 5.78. The molecule has 0 aliphatic rings. The van der Waals surface area contributed by atoms with Crippen LogP contribution >= 0.6 is 0 Å². The molecular weight excluding hydrogens is 208 g/mol. The maximum absolute atomic E-state index is 11.5. The van der Waals surface area contributed by atoms with Gasteiger partial charge >= 0.3 is 0 Å². The monoisotopic (exact) mass is 226 g/mol. The van der Waals surface area contributed by atoms with Crippen molar-refractivity contribution >= 4 is 5.91 Å². The normalized spacial score (nSPS) is 12.4. The van der Waals surface area contributed by atoms with Crippen LogP contribution in [0.2, 0.25) is 0 Å². The Hall–Kier alpha value is -1.33. The highest BCUT2D eigenvalue weighted by Crippen LogP contribution is 2.11. The maximum Gasteiger partial charge on any atom is 0.234 e. The summed E-state index contributed by atoms with van der Waals surface area (Å²) in [7, 11) is 1.63. The van der Waals surface area contributed by atoms with Gasteiger partial charge in [0.05, 0.1) is 25.5 Å². The molecule has 0 bridgehead atoms. The Balaban J connectivity index is 2.19. The maximum atomic E-state index is 11.5. The number of hydrogen-bond acceptors (Lipinski definition) is 4. The zero-order valence-corrected chi connectivity index (χ0v) is 9.66. The molecule has 0 aliphatic carbocycles. The van der Waals surface area contributed by atoms with E-state index in [0.29, 0.717) is 13.2 Å². The number of ether oxygens (including phenoxy) is 1. The fraction of sp³-hybridized carbons (Fsp3) is 0.545. The van der Waals surface area contributed by atoms with Crippen molar-refractivity contribution in [3.63, 3.8) is 0 Å². The van der Waals surface area contributed by atoms with Gasteiger partial charge in [-0.25, -0.2) is 0 Å². The van der Waals surface area contributed by atoms with Crippen LogP contribution in [0, 0.1) is 0 Å². The van der Waals surface area contributed by atoms with Crippen molar-refractivity contribution in [1.29, 1.82) is 0 Å². The van der Waals surface area contributed by atoms with E-state index >= 15 is 0 Å². The number of furan rings is 1. The molecule has 90 valence electrons. The van der Waals surface area contributed by atoms with Gasteiger partial charge in [0.1, 0.15) is 5.76 Å². The first-order chi connectivity index (χ1) is 7.74. The molecule has 0 spiro atoms. The molecular formula is C11H18N2O3. The molecule has 0 aliphatic heterocycles. The summed E-state index contributed by atoms with van der Waals surface area (Å²) in [5.74, 6) is 0.699. The lowest BCUT2D eigenvalue weighted by molar-refractivity contribution is -0.121.